The van der Waals surface area contributed by atoms with Gasteiger partial charge in [-0.15, -0.1) is 0 Å². The minimum absolute atomic E-state index is 0.143. The van der Waals surface area contributed by atoms with Gasteiger partial charge in [-0.25, -0.2) is 0 Å². The number of hydrogen-bond donors (Lipinski definition) is 2. The predicted octanol–water partition coefficient (Wildman–Crippen LogP) is 1.49. The second-order valence-electron chi connectivity index (χ2n) is 5.14. The molecule has 2 rings (SSSR count). The average Bonchev–Trinajstić information content (AvgIpc) is 2.38. The molecule has 1 aliphatic rings. The topological polar surface area (TPSA) is 55.3 Å². The number of rotatable bonds is 3. The number of benzene rings is 1. The Kier molecular flexibility index (Phi) is 4.15. The molecule has 3 nitrogen and oxygen atoms in total. The highest BCUT2D eigenvalue weighted by Crippen LogP contribution is 2.27. The summed E-state index contributed by atoms with van der Waals surface area (Å²) in [7, 11) is 2.18. The Labute approximate surface area is 104 Å². The number of piperidine rings is 1. The molecule has 0 saturated carbocycles. The summed E-state index contributed by atoms with van der Waals surface area (Å²) < 4.78 is 0. The smallest absolute Gasteiger partial charge is 0.0335 e. The number of nitrogens with zero attached hydrogens (tertiary/aromatic N) is 1. The molecule has 2 atom stereocenters. The molecule has 3 heteroatoms. The van der Waals surface area contributed by atoms with Gasteiger partial charge in [0, 0.05) is 19.1 Å². The molecule has 4 N–H and O–H groups in total. The predicted molar refractivity (Wildman–Crippen MR) is 71.5 cm³/mol. The van der Waals surface area contributed by atoms with Gasteiger partial charge in [-0.1, -0.05) is 24.3 Å². The first-order chi connectivity index (χ1) is 8.20. The van der Waals surface area contributed by atoms with E-state index in [4.69, 9.17) is 11.5 Å². The van der Waals surface area contributed by atoms with E-state index in [9.17, 15) is 0 Å². The van der Waals surface area contributed by atoms with E-state index in [0.29, 0.717) is 12.5 Å². The van der Waals surface area contributed by atoms with Crippen LogP contribution in [0.3, 0.4) is 0 Å². The lowest BCUT2D eigenvalue weighted by atomic mass is 9.87. The van der Waals surface area contributed by atoms with E-state index in [1.807, 2.05) is 0 Å². The van der Waals surface area contributed by atoms with E-state index >= 15 is 0 Å². The van der Waals surface area contributed by atoms with Crippen molar-refractivity contribution in [2.45, 2.75) is 25.4 Å². The molecule has 0 amide bonds. The van der Waals surface area contributed by atoms with Crippen LogP contribution < -0.4 is 11.5 Å². The van der Waals surface area contributed by atoms with E-state index < -0.39 is 0 Å². The molecular formula is C14H23N3. The van der Waals surface area contributed by atoms with Crippen molar-refractivity contribution >= 4 is 0 Å². The largest absolute Gasteiger partial charge is 0.326 e. The third kappa shape index (κ3) is 3.06. The van der Waals surface area contributed by atoms with Gasteiger partial charge in [0.15, 0.2) is 0 Å². The zero-order valence-electron chi connectivity index (χ0n) is 10.6. The monoisotopic (exact) mass is 233 g/mol. The Morgan fingerprint density at radius 3 is 3.00 bits per heavy atom. The molecule has 2 unspecified atom stereocenters. The van der Waals surface area contributed by atoms with E-state index in [2.05, 4.69) is 36.2 Å². The second-order valence-corrected chi connectivity index (χ2v) is 5.14. The van der Waals surface area contributed by atoms with Gasteiger partial charge in [0.25, 0.3) is 0 Å². The van der Waals surface area contributed by atoms with E-state index in [1.54, 1.807) is 0 Å². The molecule has 0 aromatic heterocycles. The first-order valence-corrected chi connectivity index (χ1v) is 6.43. The normalized spacial score (nSPS) is 23.6. The Balaban J connectivity index is 2.09. The summed E-state index contributed by atoms with van der Waals surface area (Å²) in [4.78, 5) is 2.38. The van der Waals surface area contributed by atoms with Crippen LogP contribution in [0, 0.1) is 5.92 Å². The molecule has 0 aliphatic carbocycles. The average molecular weight is 233 g/mol. The van der Waals surface area contributed by atoms with Gasteiger partial charge in [0.05, 0.1) is 0 Å². The second kappa shape index (κ2) is 5.63. The lowest BCUT2D eigenvalue weighted by Crippen LogP contribution is -2.37. The Morgan fingerprint density at radius 2 is 2.29 bits per heavy atom. The van der Waals surface area contributed by atoms with Gasteiger partial charge in [-0.3, -0.25) is 0 Å². The van der Waals surface area contributed by atoms with Gasteiger partial charge in [-0.05, 0) is 43.5 Å². The minimum Gasteiger partial charge on any atom is -0.326 e. The van der Waals surface area contributed by atoms with Crippen molar-refractivity contribution in [3.63, 3.8) is 0 Å². The van der Waals surface area contributed by atoms with Crippen molar-refractivity contribution in [2.24, 2.45) is 17.4 Å². The third-order valence-electron chi connectivity index (χ3n) is 3.74. The van der Waals surface area contributed by atoms with Gasteiger partial charge in [0.2, 0.25) is 0 Å². The number of likely N-dealkylation sites (tertiary alicyclic amines) is 1. The molecule has 1 saturated heterocycles. The molecule has 0 bridgehead atoms. The van der Waals surface area contributed by atoms with Crippen LogP contribution in [0.4, 0.5) is 0 Å². The molecule has 0 spiro atoms. The summed E-state index contributed by atoms with van der Waals surface area (Å²) in [6.07, 6.45) is 2.49. The summed E-state index contributed by atoms with van der Waals surface area (Å²) in [5, 5.41) is 0. The van der Waals surface area contributed by atoms with Crippen LogP contribution in [0.25, 0.3) is 0 Å². The van der Waals surface area contributed by atoms with Crippen molar-refractivity contribution in [3.8, 4) is 0 Å². The van der Waals surface area contributed by atoms with Crippen LogP contribution in [0.2, 0.25) is 0 Å². The fraction of sp³-hybridized carbons (Fsp3) is 0.571. The highest BCUT2D eigenvalue weighted by Gasteiger charge is 2.24. The van der Waals surface area contributed by atoms with Crippen molar-refractivity contribution in [1.29, 1.82) is 0 Å². The molecule has 17 heavy (non-hydrogen) atoms. The quantitative estimate of drug-likeness (QED) is 0.831. The minimum atomic E-state index is 0.143. The maximum atomic E-state index is 6.39. The molecule has 1 heterocycles. The van der Waals surface area contributed by atoms with Gasteiger partial charge in [0.1, 0.15) is 0 Å². The SMILES string of the molecule is CN1CCCC(C(N)c2cccc(CN)c2)C1. The van der Waals surface area contributed by atoms with Crippen LogP contribution >= 0.6 is 0 Å². The molecule has 1 fully saturated rings. The summed E-state index contributed by atoms with van der Waals surface area (Å²) in [5.41, 5.74) is 14.5. The third-order valence-corrected chi connectivity index (χ3v) is 3.74. The van der Waals surface area contributed by atoms with Gasteiger partial charge >= 0.3 is 0 Å². The zero-order valence-corrected chi connectivity index (χ0v) is 10.6. The lowest BCUT2D eigenvalue weighted by molar-refractivity contribution is 0.188. The molecule has 94 valence electrons. The van der Waals surface area contributed by atoms with Crippen LogP contribution in [0.1, 0.15) is 30.0 Å². The highest BCUT2D eigenvalue weighted by atomic mass is 15.1. The highest BCUT2D eigenvalue weighted by molar-refractivity contribution is 5.26. The molecule has 0 radical (unpaired) electrons. The molecule has 1 aromatic rings. The number of hydrogen-bond acceptors (Lipinski definition) is 3. The summed E-state index contributed by atoms with van der Waals surface area (Å²) >= 11 is 0. The molecule has 1 aromatic carbocycles. The fourth-order valence-electron chi connectivity index (χ4n) is 2.70. The van der Waals surface area contributed by atoms with Gasteiger partial charge < -0.3 is 16.4 Å². The van der Waals surface area contributed by atoms with E-state index in [-0.39, 0.29) is 6.04 Å². The standard InChI is InChI=1S/C14H23N3/c1-17-7-3-6-13(10-17)14(16)12-5-2-4-11(8-12)9-15/h2,4-5,8,13-14H,3,6-7,9-10,15-16H2,1H3. The number of nitrogens with two attached hydrogens (primary N) is 2. The van der Waals surface area contributed by atoms with E-state index in [1.165, 1.54) is 30.5 Å². The summed E-state index contributed by atoms with van der Waals surface area (Å²) in [5.74, 6) is 0.571. The van der Waals surface area contributed by atoms with Crippen molar-refractivity contribution < 1.29 is 0 Å². The van der Waals surface area contributed by atoms with Crippen LogP contribution in [-0.2, 0) is 6.54 Å². The first-order valence-electron chi connectivity index (χ1n) is 6.43. The van der Waals surface area contributed by atoms with E-state index in [0.717, 1.165) is 6.54 Å². The van der Waals surface area contributed by atoms with Crippen LogP contribution in [0.15, 0.2) is 24.3 Å². The molecule has 1 aliphatic heterocycles. The Hall–Kier alpha value is -0.900. The van der Waals surface area contributed by atoms with Crippen molar-refractivity contribution in [3.05, 3.63) is 35.4 Å². The Morgan fingerprint density at radius 1 is 1.47 bits per heavy atom. The first kappa shape index (κ1) is 12.6. The maximum Gasteiger partial charge on any atom is 0.0335 e. The van der Waals surface area contributed by atoms with Gasteiger partial charge in [-0.2, -0.15) is 0 Å². The van der Waals surface area contributed by atoms with Crippen molar-refractivity contribution in [2.75, 3.05) is 20.1 Å². The zero-order chi connectivity index (χ0) is 12.3. The fourth-order valence-corrected chi connectivity index (χ4v) is 2.70. The lowest BCUT2D eigenvalue weighted by Gasteiger charge is -2.33. The summed E-state index contributed by atoms with van der Waals surface area (Å²) in [6.45, 7) is 2.89. The van der Waals surface area contributed by atoms with Crippen LogP contribution in [-0.4, -0.2) is 25.0 Å². The Bertz CT molecular complexity index is 364. The molecular weight excluding hydrogens is 210 g/mol. The van der Waals surface area contributed by atoms with Crippen LogP contribution in [0.5, 0.6) is 0 Å². The van der Waals surface area contributed by atoms with Crippen molar-refractivity contribution in [1.82, 2.24) is 4.90 Å². The summed E-state index contributed by atoms with van der Waals surface area (Å²) in [6, 6.07) is 8.54. The maximum absolute atomic E-state index is 6.39.